The summed E-state index contributed by atoms with van der Waals surface area (Å²) >= 11 is 3.05. The van der Waals surface area contributed by atoms with Crippen molar-refractivity contribution in [2.75, 3.05) is 0 Å². The Bertz CT molecular complexity index is 217. The van der Waals surface area contributed by atoms with Crippen molar-refractivity contribution in [3.8, 4) is 0 Å². The summed E-state index contributed by atoms with van der Waals surface area (Å²) in [7, 11) is 0. The molecule has 1 aliphatic heterocycles. The minimum absolute atomic E-state index is 0.407. The van der Waals surface area contributed by atoms with Gasteiger partial charge >= 0.3 is 5.97 Å². The van der Waals surface area contributed by atoms with Crippen molar-refractivity contribution in [1.29, 1.82) is 0 Å². The molecule has 0 radical (unpaired) electrons. The van der Waals surface area contributed by atoms with Crippen molar-refractivity contribution in [3.63, 3.8) is 0 Å². The number of esters is 1. The predicted octanol–water partition coefficient (Wildman–Crippen LogP) is 0.921. The molecule has 4 heteroatoms. The Morgan fingerprint density at radius 3 is 2.30 bits per heavy atom. The Morgan fingerprint density at radius 1 is 1.70 bits per heavy atom. The van der Waals surface area contributed by atoms with Crippen LogP contribution in [0.5, 0.6) is 0 Å². The highest BCUT2D eigenvalue weighted by Gasteiger charge is 2.39. The highest BCUT2D eigenvalue weighted by atomic mass is 79.9. The highest BCUT2D eigenvalue weighted by molar-refractivity contribution is 9.11. The second-order valence-electron chi connectivity index (χ2n) is 2.31. The van der Waals surface area contributed by atoms with Crippen molar-refractivity contribution in [2.24, 2.45) is 0 Å². The lowest BCUT2D eigenvalue weighted by atomic mass is 10.2. The second-order valence-corrected chi connectivity index (χ2v) is 3.10. The lowest BCUT2D eigenvalue weighted by molar-refractivity contribution is -0.173. The van der Waals surface area contributed by atoms with Gasteiger partial charge in [-0.1, -0.05) is 0 Å². The molecule has 0 spiro atoms. The van der Waals surface area contributed by atoms with Crippen LogP contribution in [0.15, 0.2) is 10.1 Å². The van der Waals surface area contributed by atoms with E-state index in [1.165, 1.54) is 6.92 Å². The molecule has 0 amide bonds. The topological polar surface area (TPSA) is 46.5 Å². The Kier molecular flexibility index (Phi) is 1.60. The molecule has 0 saturated carbocycles. The second kappa shape index (κ2) is 2.07. The van der Waals surface area contributed by atoms with Crippen LogP contribution in [0.25, 0.3) is 0 Å². The molecule has 0 aromatic carbocycles. The van der Waals surface area contributed by atoms with Gasteiger partial charge in [0, 0.05) is 6.92 Å². The molecule has 1 rings (SSSR count). The first-order valence-electron chi connectivity index (χ1n) is 2.77. The monoisotopic (exact) mass is 206 g/mol. The molecule has 0 aromatic rings. The van der Waals surface area contributed by atoms with Gasteiger partial charge in [0.2, 0.25) is 5.79 Å². The average Bonchev–Trinajstić information content (AvgIpc) is 1.95. The van der Waals surface area contributed by atoms with Crippen LogP contribution in [-0.4, -0.2) is 16.9 Å². The van der Waals surface area contributed by atoms with Crippen LogP contribution in [0.3, 0.4) is 0 Å². The van der Waals surface area contributed by atoms with E-state index < -0.39 is 11.8 Å². The summed E-state index contributed by atoms with van der Waals surface area (Å²) in [6, 6.07) is 0. The van der Waals surface area contributed by atoms with E-state index in [0.717, 1.165) is 0 Å². The van der Waals surface area contributed by atoms with Gasteiger partial charge in [0.15, 0.2) is 0 Å². The largest absolute Gasteiger partial charge is 0.425 e. The molecule has 1 unspecified atom stereocenters. The maximum absolute atomic E-state index is 10.7. The fourth-order valence-corrected chi connectivity index (χ4v) is 0.982. The van der Waals surface area contributed by atoms with E-state index in [2.05, 4.69) is 20.7 Å². The lowest BCUT2D eigenvalue weighted by Gasteiger charge is -2.14. The van der Waals surface area contributed by atoms with Crippen LogP contribution in [0.4, 0.5) is 0 Å². The number of aliphatic hydroxyl groups is 1. The number of carbonyl (C=O) groups is 1. The fraction of sp³-hybridized carbons (Fsp3) is 0.500. The average molecular weight is 207 g/mol. The minimum atomic E-state index is -1.46. The Balaban J connectivity index is 3.06. The first-order chi connectivity index (χ1) is 4.45. The molecule has 0 bridgehead atoms. The van der Waals surface area contributed by atoms with E-state index in [1.807, 2.05) is 0 Å². The first-order valence-corrected chi connectivity index (χ1v) is 3.57. The highest BCUT2D eigenvalue weighted by Crippen LogP contribution is 2.34. The molecule has 10 heavy (non-hydrogen) atoms. The van der Waals surface area contributed by atoms with Crippen molar-refractivity contribution in [3.05, 3.63) is 10.1 Å². The Hall–Kier alpha value is -0.350. The van der Waals surface area contributed by atoms with Gasteiger partial charge in [0.05, 0.1) is 10.1 Å². The molecule has 56 valence electrons. The number of carbonyl (C=O) groups excluding carboxylic acids is 1. The standard InChI is InChI=1S/C6H7BrO3/c1-3-4(7)6(2,9)10-5(3)8/h9H,1-2H3. The number of cyclic esters (lactones) is 1. The summed E-state index contributed by atoms with van der Waals surface area (Å²) in [5, 5.41) is 9.26. The summed E-state index contributed by atoms with van der Waals surface area (Å²) in [5.74, 6) is -1.93. The van der Waals surface area contributed by atoms with Crippen LogP contribution in [0.2, 0.25) is 0 Å². The summed E-state index contributed by atoms with van der Waals surface area (Å²) < 4.78 is 4.98. The number of ether oxygens (including phenoxy) is 1. The van der Waals surface area contributed by atoms with E-state index in [0.29, 0.717) is 10.1 Å². The van der Waals surface area contributed by atoms with Crippen LogP contribution in [0.1, 0.15) is 13.8 Å². The molecule has 3 nitrogen and oxygen atoms in total. The number of hydrogen-bond acceptors (Lipinski definition) is 3. The van der Waals surface area contributed by atoms with Gasteiger partial charge in [-0.05, 0) is 22.9 Å². The van der Waals surface area contributed by atoms with Crippen LogP contribution >= 0.6 is 15.9 Å². The van der Waals surface area contributed by atoms with Crippen molar-refractivity contribution < 1.29 is 14.6 Å². The van der Waals surface area contributed by atoms with E-state index in [-0.39, 0.29) is 0 Å². The van der Waals surface area contributed by atoms with E-state index in [9.17, 15) is 9.90 Å². The van der Waals surface area contributed by atoms with Gasteiger partial charge in [-0.25, -0.2) is 4.79 Å². The third-order valence-corrected chi connectivity index (χ3v) is 2.66. The zero-order valence-electron chi connectivity index (χ0n) is 5.64. The van der Waals surface area contributed by atoms with Gasteiger partial charge in [-0.3, -0.25) is 0 Å². The van der Waals surface area contributed by atoms with Gasteiger partial charge in [-0.2, -0.15) is 0 Å². The zero-order valence-corrected chi connectivity index (χ0v) is 7.23. The number of hydrogen-bond donors (Lipinski definition) is 1. The first kappa shape index (κ1) is 7.75. The van der Waals surface area contributed by atoms with E-state index >= 15 is 0 Å². The fourth-order valence-electron chi connectivity index (χ4n) is 0.739. The van der Waals surface area contributed by atoms with Gasteiger partial charge < -0.3 is 9.84 Å². The zero-order chi connectivity index (χ0) is 7.94. The van der Waals surface area contributed by atoms with Gasteiger partial charge in [0.25, 0.3) is 0 Å². The minimum Gasteiger partial charge on any atom is -0.425 e. The van der Waals surface area contributed by atoms with Crippen molar-refractivity contribution >= 4 is 21.9 Å². The van der Waals surface area contributed by atoms with E-state index in [4.69, 9.17) is 0 Å². The van der Waals surface area contributed by atoms with Gasteiger partial charge in [0.1, 0.15) is 0 Å². The summed E-state index contributed by atoms with van der Waals surface area (Å²) in [5.41, 5.74) is 0.421. The SMILES string of the molecule is CC1=C(Br)C(C)(O)OC1=O. The normalized spacial score (nSPS) is 33.0. The van der Waals surface area contributed by atoms with E-state index in [1.54, 1.807) is 6.92 Å². The van der Waals surface area contributed by atoms with Gasteiger partial charge in [-0.15, -0.1) is 0 Å². The van der Waals surface area contributed by atoms with Crippen molar-refractivity contribution in [1.82, 2.24) is 0 Å². The maximum atomic E-state index is 10.7. The molecule has 0 fully saturated rings. The number of rotatable bonds is 0. The molecule has 1 heterocycles. The molecule has 0 aliphatic carbocycles. The molecule has 0 aromatic heterocycles. The van der Waals surface area contributed by atoms with Crippen LogP contribution in [-0.2, 0) is 9.53 Å². The molecule has 1 atom stereocenters. The molecule has 1 N–H and O–H groups in total. The van der Waals surface area contributed by atoms with Crippen LogP contribution < -0.4 is 0 Å². The maximum Gasteiger partial charge on any atom is 0.337 e. The predicted molar refractivity (Wildman–Crippen MR) is 38.3 cm³/mol. The van der Waals surface area contributed by atoms with Crippen molar-refractivity contribution in [2.45, 2.75) is 19.6 Å². The molecule has 1 aliphatic rings. The third-order valence-electron chi connectivity index (χ3n) is 1.33. The molecular formula is C6H7BrO3. The smallest absolute Gasteiger partial charge is 0.337 e. The number of halogens is 1. The summed E-state index contributed by atoms with van der Waals surface area (Å²) in [6.07, 6.45) is 0. The summed E-state index contributed by atoms with van der Waals surface area (Å²) in [6.45, 7) is 3.00. The van der Waals surface area contributed by atoms with Crippen LogP contribution in [0, 0.1) is 0 Å². The molecular weight excluding hydrogens is 200 g/mol. The Morgan fingerprint density at radius 2 is 2.20 bits per heavy atom. The lowest BCUT2D eigenvalue weighted by Crippen LogP contribution is -2.24. The molecule has 0 saturated heterocycles. The summed E-state index contributed by atoms with van der Waals surface area (Å²) in [4.78, 5) is 10.7. The third kappa shape index (κ3) is 0.973. The quantitative estimate of drug-likeness (QED) is 0.600. The Labute approximate surface area is 66.8 Å².